The maximum absolute atomic E-state index is 12.7. The molecule has 0 aromatic heterocycles. The van der Waals surface area contributed by atoms with Crippen LogP contribution < -0.4 is 5.32 Å². The predicted molar refractivity (Wildman–Crippen MR) is 86.2 cm³/mol. The molecule has 0 radical (unpaired) electrons. The van der Waals surface area contributed by atoms with E-state index in [4.69, 9.17) is 0 Å². The van der Waals surface area contributed by atoms with Gasteiger partial charge in [-0.2, -0.15) is 0 Å². The summed E-state index contributed by atoms with van der Waals surface area (Å²) >= 11 is 0. The minimum atomic E-state index is -0.893. The van der Waals surface area contributed by atoms with Gasteiger partial charge in [0.1, 0.15) is 6.17 Å². The van der Waals surface area contributed by atoms with Crippen molar-refractivity contribution in [3.8, 4) is 0 Å². The summed E-state index contributed by atoms with van der Waals surface area (Å²) in [5, 5.41) is 3.46. The van der Waals surface area contributed by atoms with Gasteiger partial charge in [0.15, 0.2) is 0 Å². The van der Waals surface area contributed by atoms with Crippen molar-refractivity contribution in [3.63, 3.8) is 0 Å². The van der Waals surface area contributed by atoms with Gasteiger partial charge in [-0.3, -0.25) is 14.3 Å². The van der Waals surface area contributed by atoms with Crippen molar-refractivity contribution < 1.29 is 9.00 Å². The highest BCUT2D eigenvalue weighted by Gasteiger charge is 2.41. The minimum Gasteiger partial charge on any atom is -0.321 e. The van der Waals surface area contributed by atoms with Crippen LogP contribution in [-0.2, 0) is 15.6 Å². The lowest BCUT2D eigenvalue weighted by atomic mass is 9.99. The van der Waals surface area contributed by atoms with Gasteiger partial charge < -0.3 is 4.90 Å². The maximum atomic E-state index is 12.7. The molecule has 4 nitrogen and oxygen atoms in total. The van der Waals surface area contributed by atoms with Crippen LogP contribution >= 0.6 is 0 Å². The molecule has 5 heteroatoms. The lowest BCUT2D eigenvalue weighted by molar-refractivity contribution is -0.130. The highest BCUT2D eigenvalue weighted by Crippen LogP contribution is 2.28. The zero-order chi connectivity index (χ0) is 15.4. The van der Waals surface area contributed by atoms with E-state index in [9.17, 15) is 9.00 Å². The standard InChI is InChI=1S/C16H24N2O2S/c1-4-12(2)14-16(19)18(10-11-21(3)20)15(17-14)13-8-6-5-7-9-13/h5-9,12,14-15,17H,4,10-11H2,1-3H3. The third-order valence-electron chi connectivity index (χ3n) is 4.15. The van der Waals surface area contributed by atoms with Crippen LogP contribution in [0.1, 0.15) is 32.0 Å². The third-order valence-corrected chi connectivity index (χ3v) is 4.90. The summed E-state index contributed by atoms with van der Waals surface area (Å²) in [5.41, 5.74) is 1.08. The molecule has 21 heavy (non-hydrogen) atoms. The number of nitrogens with one attached hydrogen (secondary N) is 1. The van der Waals surface area contributed by atoms with E-state index in [0.717, 1.165) is 12.0 Å². The second-order valence-corrected chi connectivity index (χ2v) is 7.21. The Kier molecular flexibility index (Phi) is 5.53. The Morgan fingerprint density at radius 3 is 2.57 bits per heavy atom. The van der Waals surface area contributed by atoms with Crippen molar-refractivity contribution in [1.29, 1.82) is 0 Å². The first-order valence-electron chi connectivity index (χ1n) is 7.46. The third kappa shape index (κ3) is 3.71. The van der Waals surface area contributed by atoms with Gasteiger partial charge in [0.25, 0.3) is 0 Å². The molecule has 1 amide bonds. The van der Waals surface area contributed by atoms with E-state index in [0.29, 0.717) is 18.2 Å². The predicted octanol–water partition coefficient (Wildman–Crippen LogP) is 1.91. The van der Waals surface area contributed by atoms with Crippen molar-refractivity contribution >= 4 is 16.7 Å². The molecule has 1 saturated heterocycles. The quantitative estimate of drug-likeness (QED) is 0.873. The summed E-state index contributed by atoms with van der Waals surface area (Å²) in [6.45, 7) is 4.72. The summed E-state index contributed by atoms with van der Waals surface area (Å²) < 4.78 is 11.4. The minimum absolute atomic E-state index is 0.110. The van der Waals surface area contributed by atoms with Gasteiger partial charge in [0.2, 0.25) is 5.91 Å². The fourth-order valence-corrected chi connectivity index (χ4v) is 3.11. The molecule has 0 bridgehead atoms. The second kappa shape index (κ2) is 7.18. The molecule has 0 spiro atoms. The maximum Gasteiger partial charge on any atom is 0.241 e. The first-order chi connectivity index (χ1) is 10.0. The van der Waals surface area contributed by atoms with Crippen LogP contribution in [-0.4, -0.2) is 39.6 Å². The van der Waals surface area contributed by atoms with Crippen molar-refractivity contribution in [1.82, 2.24) is 10.2 Å². The van der Waals surface area contributed by atoms with Crippen molar-refractivity contribution in [2.75, 3.05) is 18.6 Å². The number of hydrogen-bond donors (Lipinski definition) is 1. The van der Waals surface area contributed by atoms with Gasteiger partial charge in [-0.15, -0.1) is 0 Å². The largest absolute Gasteiger partial charge is 0.321 e. The van der Waals surface area contributed by atoms with E-state index in [2.05, 4.69) is 19.2 Å². The molecule has 116 valence electrons. The van der Waals surface area contributed by atoms with E-state index >= 15 is 0 Å². The monoisotopic (exact) mass is 308 g/mol. The topological polar surface area (TPSA) is 49.4 Å². The molecule has 1 aromatic rings. The zero-order valence-corrected chi connectivity index (χ0v) is 13.7. The number of benzene rings is 1. The highest BCUT2D eigenvalue weighted by atomic mass is 32.2. The molecule has 1 heterocycles. The normalized spacial score (nSPS) is 25.1. The van der Waals surface area contributed by atoms with E-state index in [-0.39, 0.29) is 18.1 Å². The Balaban J connectivity index is 2.23. The highest BCUT2D eigenvalue weighted by molar-refractivity contribution is 7.84. The van der Waals surface area contributed by atoms with Crippen LogP contribution in [0.3, 0.4) is 0 Å². The first-order valence-corrected chi connectivity index (χ1v) is 9.18. The van der Waals surface area contributed by atoms with Crippen molar-refractivity contribution in [2.45, 2.75) is 32.5 Å². The molecule has 4 unspecified atom stereocenters. The molecular formula is C16H24N2O2S. The Morgan fingerprint density at radius 2 is 2.00 bits per heavy atom. The average Bonchev–Trinajstić information content (AvgIpc) is 2.82. The molecule has 0 aliphatic carbocycles. The van der Waals surface area contributed by atoms with Crippen LogP contribution in [0.4, 0.5) is 0 Å². The van der Waals surface area contributed by atoms with Gasteiger partial charge in [0, 0.05) is 29.4 Å². The van der Waals surface area contributed by atoms with Gasteiger partial charge in [-0.05, 0) is 11.5 Å². The molecule has 1 fully saturated rings. The first kappa shape index (κ1) is 16.2. The summed E-state index contributed by atoms with van der Waals surface area (Å²) in [6, 6.07) is 9.84. The van der Waals surface area contributed by atoms with E-state index in [1.165, 1.54) is 0 Å². The van der Waals surface area contributed by atoms with Crippen LogP contribution in [0, 0.1) is 5.92 Å². The summed E-state index contributed by atoms with van der Waals surface area (Å²) in [6.07, 6.45) is 2.53. The summed E-state index contributed by atoms with van der Waals surface area (Å²) in [4.78, 5) is 14.5. The van der Waals surface area contributed by atoms with E-state index < -0.39 is 10.8 Å². The van der Waals surface area contributed by atoms with Crippen molar-refractivity contribution in [2.24, 2.45) is 5.92 Å². The second-order valence-electron chi connectivity index (χ2n) is 5.65. The lowest BCUT2D eigenvalue weighted by Gasteiger charge is -2.24. The van der Waals surface area contributed by atoms with Crippen LogP contribution in [0.2, 0.25) is 0 Å². The lowest BCUT2D eigenvalue weighted by Crippen LogP contribution is -2.36. The van der Waals surface area contributed by atoms with Gasteiger partial charge >= 0.3 is 0 Å². The van der Waals surface area contributed by atoms with Crippen LogP contribution in [0.15, 0.2) is 30.3 Å². The Bertz CT molecular complexity index is 506. The zero-order valence-electron chi connectivity index (χ0n) is 12.9. The number of carbonyl (C=O) groups is 1. The SMILES string of the molecule is CCC(C)C1NC(c2ccccc2)N(CCS(C)=O)C1=O. The summed E-state index contributed by atoms with van der Waals surface area (Å²) in [5.74, 6) is 0.939. The molecule has 1 aliphatic heterocycles. The van der Waals surface area contributed by atoms with Gasteiger partial charge in [0.05, 0.1) is 6.04 Å². The molecule has 4 atom stereocenters. The fraction of sp³-hybridized carbons (Fsp3) is 0.562. The Hall–Kier alpha value is -1.20. The van der Waals surface area contributed by atoms with Gasteiger partial charge in [-0.25, -0.2) is 0 Å². The fourth-order valence-electron chi connectivity index (χ4n) is 2.66. The van der Waals surface area contributed by atoms with Crippen LogP contribution in [0.25, 0.3) is 0 Å². The number of hydrogen-bond acceptors (Lipinski definition) is 3. The summed E-state index contributed by atoms with van der Waals surface area (Å²) in [7, 11) is -0.893. The molecule has 0 saturated carbocycles. The molecule has 1 N–H and O–H groups in total. The smallest absolute Gasteiger partial charge is 0.241 e. The van der Waals surface area contributed by atoms with Gasteiger partial charge in [-0.1, -0.05) is 50.6 Å². The number of carbonyl (C=O) groups excluding carboxylic acids is 1. The molecule has 2 rings (SSSR count). The number of nitrogens with zero attached hydrogens (tertiary/aromatic N) is 1. The number of rotatable bonds is 6. The molecule has 1 aromatic carbocycles. The Morgan fingerprint density at radius 1 is 1.33 bits per heavy atom. The molecular weight excluding hydrogens is 284 g/mol. The average molecular weight is 308 g/mol. The number of amides is 1. The van der Waals surface area contributed by atoms with Crippen LogP contribution in [0.5, 0.6) is 0 Å². The van der Waals surface area contributed by atoms with E-state index in [1.807, 2.05) is 35.2 Å². The van der Waals surface area contributed by atoms with E-state index in [1.54, 1.807) is 6.26 Å². The molecule has 1 aliphatic rings. The Labute approximate surface area is 129 Å². The van der Waals surface area contributed by atoms with Crippen molar-refractivity contribution in [3.05, 3.63) is 35.9 Å².